The van der Waals surface area contributed by atoms with E-state index in [0.717, 1.165) is 10.1 Å². The van der Waals surface area contributed by atoms with Gasteiger partial charge in [0.05, 0.1) is 5.69 Å². The van der Waals surface area contributed by atoms with Crippen molar-refractivity contribution in [3.05, 3.63) is 57.6 Å². The van der Waals surface area contributed by atoms with Crippen molar-refractivity contribution in [2.24, 2.45) is 10.2 Å². The zero-order valence-corrected chi connectivity index (χ0v) is 12.7. The molecule has 1 N–H and O–H groups in total. The van der Waals surface area contributed by atoms with Gasteiger partial charge in [-0.1, -0.05) is 17.7 Å². The third kappa shape index (κ3) is 2.92. The maximum Gasteiger partial charge on any atom is 0.435 e. The number of hydrogen-bond acceptors (Lipinski definition) is 4. The minimum absolute atomic E-state index is 0.126. The molecule has 24 heavy (non-hydrogen) atoms. The van der Waals surface area contributed by atoms with Gasteiger partial charge in [-0.05, 0) is 26.0 Å². The Kier molecular flexibility index (Phi) is 3.70. The molecule has 0 unspecified atom stereocenters. The topological polar surface area (TPSA) is 74.9 Å². The molecule has 1 aromatic carbocycles. The van der Waals surface area contributed by atoms with Crippen molar-refractivity contribution in [2.45, 2.75) is 20.0 Å². The molecular weight excluding hydrogens is 323 g/mol. The van der Waals surface area contributed by atoms with Crippen LogP contribution in [0, 0.1) is 13.8 Å². The normalized spacial score (nSPS) is 12.4. The monoisotopic (exact) mass is 335 g/mol. The number of nitrogens with zero attached hydrogens (tertiary/aromatic N) is 4. The number of aromatic nitrogens is 3. The Morgan fingerprint density at radius 2 is 1.79 bits per heavy atom. The Labute approximate surface area is 133 Å². The number of aromatic amines is 1. The number of H-pyrrole nitrogens is 1. The van der Waals surface area contributed by atoms with E-state index in [9.17, 15) is 18.0 Å². The maximum absolute atomic E-state index is 13.2. The molecule has 0 aliphatic heterocycles. The van der Waals surface area contributed by atoms with Crippen LogP contribution >= 0.6 is 0 Å². The predicted octanol–water partition coefficient (Wildman–Crippen LogP) is 4.07. The molecule has 2 heterocycles. The summed E-state index contributed by atoms with van der Waals surface area (Å²) in [5.41, 5.74) is -1.50. The summed E-state index contributed by atoms with van der Waals surface area (Å²) >= 11 is 0. The first kappa shape index (κ1) is 15.9. The van der Waals surface area contributed by atoms with Crippen molar-refractivity contribution in [1.29, 1.82) is 0 Å². The van der Waals surface area contributed by atoms with Crippen molar-refractivity contribution in [2.75, 3.05) is 0 Å². The molecule has 124 valence electrons. The van der Waals surface area contributed by atoms with E-state index in [1.807, 2.05) is 6.92 Å². The van der Waals surface area contributed by atoms with Crippen LogP contribution in [0.15, 0.2) is 45.4 Å². The maximum atomic E-state index is 13.2. The second-order valence-corrected chi connectivity index (χ2v) is 5.28. The minimum Gasteiger partial charge on any atom is -0.294 e. The zero-order chi connectivity index (χ0) is 17.5. The molecule has 0 spiro atoms. The van der Waals surface area contributed by atoms with E-state index in [-0.39, 0.29) is 5.65 Å². The molecule has 3 rings (SSSR count). The van der Waals surface area contributed by atoms with Gasteiger partial charge in [0.25, 0.3) is 0 Å². The molecule has 6 nitrogen and oxygen atoms in total. The van der Waals surface area contributed by atoms with Crippen LogP contribution in [0.4, 0.5) is 24.5 Å². The molecule has 2 aromatic heterocycles. The van der Waals surface area contributed by atoms with Crippen molar-refractivity contribution in [3.63, 3.8) is 0 Å². The fourth-order valence-corrected chi connectivity index (χ4v) is 2.14. The summed E-state index contributed by atoms with van der Waals surface area (Å²) in [5.74, 6) is 0. The van der Waals surface area contributed by atoms with Gasteiger partial charge in [0, 0.05) is 11.8 Å². The third-order valence-corrected chi connectivity index (χ3v) is 3.29. The van der Waals surface area contributed by atoms with Crippen LogP contribution < -0.4 is 5.56 Å². The Hall–Kier alpha value is -2.97. The molecule has 0 saturated heterocycles. The smallest absolute Gasteiger partial charge is 0.294 e. The summed E-state index contributed by atoms with van der Waals surface area (Å²) in [6, 6.07) is 8.00. The summed E-state index contributed by atoms with van der Waals surface area (Å²) in [4.78, 5) is 15.8. The number of fused-ring (bicyclic) bond motifs is 1. The van der Waals surface area contributed by atoms with Crippen LogP contribution in [0.5, 0.6) is 0 Å². The average Bonchev–Trinajstić information content (AvgIpc) is 2.88. The molecule has 0 radical (unpaired) electrons. The van der Waals surface area contributed by atoms with E-state index in [0.29, 0.717) is 11.4 Å². The standard InChI is InChI=1S/C15H12F3N5O/c1-8-3-5-10(6-4-8)20-21-12-13(15(16,17)18)19-11-7-9(2)22-23(11)14(12)24/h3-7,22H,1-2H3. The zero-order valence-electron chi connectivity index (χ0n) is 12.7. The first-order valence-electron chi connectivity index (χ1n) is 6.94. The highest BCUT2D eigenvalue weighted by molar-refractivity contribution is 5.50. The lowest BCUT2D eigenvalue weighted by Crippen LogP contribution is -2.21. The Balaban J connectivity index is 2.19. The van der Waals surface area contributed by atoms with Crippen molar-refractivity contribution in [3.8, 4) is 0 Å². The highest BCUT2D eigenvalue weighted by Gasteiger charge is 2.38. The molecule has 0 atom stereocenters. The van der Waals surface area contributed by atoms with Crippen LogP contribution in [0.1, 0.15) is 17.0 Å². The summed E-state index contributed by atoms with van der Waals surface area (Å²) in [7, 11) is 0. The van der Waals surface area contributed by atoms with Gasteiger partial charge in [-0.3, -0.25) is 9.89 Å². The minimum atomic E-state index is -4.82. The number of nitrogens with one attached hydrogen (secondary N) is 1. The second-order valence-electron chi connectivity index (χ2n) is 5.28. The lowest BCUT2D eigenvalue weighted by atomic mass is 10.2. The highest BCUT2D eigenvalue weighted by Crippen LogP contribution is 2.33. The number of alkyl halides is 3. The fraction of sp³-hybridized carbons (Fsp3) is 0.200. The van der Waals surface area contributed by atoms with E-state index < -0.39 is 23.1 Å². The molecule has 0 amide bonds. The molecule has 0 aliphatic carbocycles. The van der Waals surface area contributed by atoms with E-state index in [1.54, 1.807) is 31.2 Å². The quantitative estimate of drug-likeness (QED) is 0.717. The number of aryl methyl sites for hydroxylation is 2. The van der Waals surface area contributed by atoms with Crippen LogP contribution in [-0.2, 0) is 6.18 Å². The van der Waals surface area contributed by atoms with Gasteiger partial charge in [0.15, 0.2) is 17.0 Å². The highest BCUT2D eigenvalue weighted by atomic mass is 19.4. The van der Waals surface area contributed by atoms with E-state index in [4.69, 9.17) is 0 Å². The van der Waals surface area contributed by atoms with Gasteiger partial charge in [0.2, 0.25) is 0 Å². The van der Waals surface area contributed by atoms with Crippen LogP contribution in [0.3, 0.4) is 0 Å². The van der Waals surface area contributed by atoms with Gasteiger partial charge < -0.3 is 0 Å². The number of halogens is 3. The average molecular weight is 335 g/mol. The summed E-state index contributed by atoms with van der Waals surface area (Å²) in [5, 5.41) is 9.87. The Morgan fingerprint density at radius 3 is 2.42 bits per heavy atom. The third-order valence-electron chi connectivity index (χ3n) is 3.29. The van der Waals surface area contributed by atoms with Crippen molar-refractivity contribution in [1.82, 2.24) is 14.6 Å². The number of rotatable bonds is 2. The van der Waals surface area contributed by atoms with Crippen LogP contribution in [0.25, 0.3) is 5.65 Å². The molecule has 0 aliphatic rings. The molecule has 0 saturated carbocycles. The van der Waals surface area contributed by atoms with Gasteiger partial charge in [0.1, 0.15) is 0 Å². The Morgan fingerprint density at radius 1 is 1.12 bits per heavy atom. The van der Waals surface area contributed by atoms with Gasteiger partial charge in [-0.15, -0.1) is 5.11 Å². The predicted molar refractivity (Wildman–Crippen MR) is 80.9 cm³/mol. The van der Waals surface area contributed by atoms with E-state index >= 15 is 0 Å². The van der Waals surface area contributed by atoms with Gasteiger partial charge in [-0.25, -0.2) is 4.98 Å². The Bertz CT molecular complexity index is 983. The number of hydrogen-bond donors (Lipinski definition) is 1. The summed E-state index contributed by atoms with van der Waals surface area (Å²) < 4.78 is 40.6. The van der Waals surface area contributed by atoms with Crippen molar-refractivity contribution < 1.29 is 13.2 Å². The van der Waals surface area contributed by atoms with Gasteiger partial charge >= 0.3 is 11.7 Å². The van der Waals surface area contributed by atoms with E-state index in [2.05, 4.69) is 20.3 Å². The SMILES string of the molecule is Cc1ccc(N=Nc2c(C(F)(F)F)nc3cc(C)[nH]n3c2=O)cc1. The fourth-order valence-electron chi connectivity index (χ4n) is 2.14. The van der Waals surface area contributed by atoms with Crippen molar-refractivity contribution >= 4 is 17.0 Å². The number of azo groups is 1. The van der Waals surface area contributed by atoms with Crippen LogP contribution in [-0.4, -0.2) is 14.6 Å². The first-order chi connectivity index (χ1) is 11.3. The molecule has 9 heteroatoms. The molecule has 0 fully saturated rings. The molecular formula is C15H12F3N5O. The van der Waals surface area contributed by atoms with Gasteiger partial charge in [-0.2, -0.15) is 22.8 Å². The van der Waals surface area contributed by atoms with E-state index in [1.165, 1.54) is 6.07 Å². The number of benzene rings is 1. The summed E-state index contributed by atoms with van der Waals surface area (Å²) in [6.07, 6.45) is -4.82. The first-order valence-corrected chi connectivity index (χ1v) is 6.94. The lowest BCUT2D eigenvalue weighted by molar-refractivity contribution is -0.140. The summed E-state index contributed by atoms with van der Waals surface area (Å²) in [6.45, 7) is 3.47. The molecule has 3 aromatic rings. The second kappa shape index (κ2) is 5.59. The molecule has 0 bridgehead atoms. The lowest BCUT2D eigenvalue weighted by Gasteiger charge is -2.08. The largest absolute Gasteiger partial charge is 0.435 e. The van der Waals surface area contributed by atoms with Crippen LogP contribution in [0.2, 0.25) is 0 Å².